The van der Waals surface area contributed by atoms with E-state index >= 15 is 0 Å². The third-order valence-corrected chi connectivity index (χ3v) is 6.32. The number of carbonyl (C=O) groups excluding carboxylic acids is 1. The van der Waals surface area contributed by atoms with E-state index in [0.29, 0.717) is 11.4 Å². The van der Waals surface area contributed by atoms with E-state index in [1.54, 1.807) is 6.07 Å². The molecule has 1 amide bonds. The van der Waals surface area contributed by atoms with Crippen molar-refractivity contribution in [3.8, 4) is 6.07 Å². The number of halogens is 2. The fraction of sp³-hybridized carbons (Fsp3) is 0.231. The van der Waals surface area contributed by atoms with Crippen molar-refractivity contribution in [1.29, 1.82) is 5.26 Å². The van der Waals surface area contributed by atoms with Crippen molar-refractivity contribution in [2.75, 3.05) is 54.1 Å². The van der Waals surface area contributed by atoms with Crippen molar-refractivity contribution in [2.24, 2.45) is 0 Å². The molecule has 1 fully saturated rings. The molecule has 0 saturated carbocycles. The number of benzene rings is 2. The fourth-order valence-electron chi connectivity index (χ4n) is 3.84. The van der Waals surface area contributed by atoms with Crippen molar-refractivity contribution in [2.45, 2.75) is 6.54 Å². The Balaban J connectivity index is 1.59. The number of likely N-dealkylation sites (N-methyl/N-ethyl adjacent to an activating group) is 1. The zero-order valence-corrected chi connectivity index (χ0v) is 21.0. The lowest BCUT2D eigenvalue weighted by Crippen LogP contribution is -2.44. The highest BCUT2D eigenvalue weighted by Crippen LogP contribution is 2.31. The second-order valence-corrected chi connectivity index (χ2v) is 8.87. The minimum absolute atomic E-state index is 0.0248. The lowest BCUT2D eigenvalue weighted by molar-refractivity contribution is -0.111. The van der Waals surface area contributed by atoms with Crippen molar-refractivity contribution in [3.05, 3.63) is 77.2 Å². The molecule has 2 aromatic carbocycles. The van der Waals surface area contributed by atoms with E-state index in [2.05, 4.69) is 49.3 Å². The average Bonchev–Trinajstić information content (AvgIpc) is 2.90. The number of carbonyl (C=O) groups is 1. The van der Waals surface area contributed by atoms with Crippen molar-refractivity contribution in [3.63, 3.8) is 0 Å². The van der Waals surface area contributed by atoms with Crippen molar-refractivity contribution < 1.29 is 9.18 Å². The predicted molar refractivity (Wildman–Crippen MR) is 144 cm³/mol. The van der Waals surface area contributed by atoms with Gasteiger partial charge in [-0.15, -0.1) is 0 Å². The van der Waals surface area contributed by atoms with Gasteiger partial charge in [-0.1, -0.05) is 24.2 Å². The van der Waals surface area contributed by atoms with Gasteiger partial charge >= 0.3 is 0 Å². The first-order chi connectivity index (χ1) is 17.9. The first-order valence-corrected chi connectivity index (χ1v) is 12.0. The Morgan fingerprint density at radius 1 is 1.24 bits per heavy atom. The van der Waals surface area contributed by atoms with Crippen LogP contribution in [0.1, 0.15) is 11.1 Å². The van der Waals surface area contributed by atoms with Crippen LogP contribution in [0.3, 0.4) is 0 Å². The number of hydrogen-bond acceptors (Lipinski definition) is 8. The molecule has 3 aromatic rings. The van der Waals surface area contributed by atoms with Gasteiger partial charge in [-0.2, -0.15) is 10.2 Å². The molecule has 1 aromatic heterocycles. The highest BCUT2D eigenvalue weighted by molar-refractivity contribution is 6.31. The Hall–Kier alpha value is -4.20. The van der Waals surface area contributed by atoms with Gasteiger partial charge < -0.3 is 25.8 Å². The summed E-state index contributed by atoms with van der Waals surface area (Å²) in [6.07, 6.45) is 2.56. The Bertz CT molecular complexity index is 1330. The van der Waals surface area contributed by atoms with E-state index in [9.17, 15) is 14.4 Å². The van der Waals surface area contributed by atoms with Crippen LogP contribution in [0.4, 0.5) is 33.2 Å². The largest absolute Gasteiger partial charge is 0.369 e. The summed E-state index contributed by atoms with van der Waals surface area (Å²) in [5.74, 6) is -0.426. The highest BCUT2D eigenvalue weighted by Gasteiger charge is 2.17. The van der Waals surface area contributed by atoms with Gasteiger partial charge in [-0.3, -0.25) is 4.79 Å². The van der Waals surface area contributed by atoms with E-state index in [1.807, 2.05) is 24.3 Å². The molecule has 0 radical (unpaired) electrons. The number of anilines is 5. The quantitative estimate of drug-likeness (QED) is 0.376. The van der Waals surface area contributed by atoms with E-state index in [-0.39, 0.29) is 40.4 Å². The summed E-state index contributed by atoms with van der Waals surface area (Å²) >= 11 is 6.12. The number of hydrogen-bond donors (Lipinski definition) is 3. The molecule has 2 heterocycles. The van der Waals surface area contributed by atoms with Crippen LogP contribution in [0.25, 0.3) is 0 Å². The van der Waals surface area contributed by atoms with E-state index < -0.39 is 5.82 Å². The maximum Gasteiger partial charge on any atom is 0.247 e. The molecule has 11 heteroatoms. The molecule has 190 valence electrons. The highest BCUT2D eigenvalue weighted by atomic mass is 35.5. The third-order valence-electron chi connectivity index (χ3n) is 5.96. The molecule has 9 nitrogen and oxygen atoms in total. The second kappa shape index (κ2) is 11.7. The van der Waals surface area contributed by atoms with Crippen LogP contribution in [-0.2, 0) is 11.3 Å². The number of nitrogens with one attached hydrogen (secondary N) is 3. The molecule has 0 aliphatic carbocycles. The molecule has 0 spiro atoms. The van der Waals surface area contributed by atoms with Gasteiger partial charge in [-0.25, -0.2) is 9.37 Å². The molecule has 37 heavy (non-hydrogen) atoms. The molecular weight excluding hydrogens is 495 g/mol. The minimum atomic E-state index is -0.464. The van der Waals surface area contributed by atoms with Crippen LogP contribution in [0.5, 0.6) is 0 Å². The van der Waals surface area contributed by atoms with Gasteiger partial charge in [0.1, 0.15) is 23.3 Å². The summed E-state index contributed by atoms with van der Waals surface area (Å²) in [5, 5.41) is 18.7. The lowest BCUT2D eigenvalue weighted by Gasteiger charge is -2.34. The van der Waals surface area contributed by atoms with E-state index in [4.69, 9.17) is 11.6 Å². The van der Waals surface area contributed by atoms with Crippen LogP contribution in [-0.4, -0.2) is 54.0 Å². The Labute approximate surface area is 219 Å². The number of rotatable bonds is 8. The molecule has 3 N–H and O–H groups in total. The average molecular weight is 521 g/mol. The smallest absolute Gasteiger partial charge is 0.247 e. The van der Waals surface area contributed by atoms with Crippen LogP contribution in [0.2, 0.25) is 5.02 Å². The van der Waals surface area contributed by atoms with Gasteiger partial charge in [0.05, 0.1) is 17.6 Å². The van der Waals surface area contributed by atoms with Crippen LogP contribution in [0.15, 0.2) is 55.3 Å². The van der Waals surface area contributed by atoms with Gasteiger partial charge in [-0.05, 0) is 43.5 Å². The summed E-state index contributed by atoms with van der Waals surface area (Å²) < 4.78 is 14.2. The Morgan fingerprint density at radius 3 is 2.73 bits per heavy atom. The Kier molecular flexibility index (Phi) is 8.18. The maximum absolute atomic E-state index is 14.2. The standard InChI is InChI=1S/C26H26ClFN8O/c1-3-24(37)32-23-13-18(36-11-9-35(2)10-12-36)7-8-22(23)33-26-31-15-17(14-29)25(34-26)30-16-19-20(27)5-4-6-21(19)28/h3-8,13,15H,1,9-12,16H2,2H3,(H,32,37)(H2,30,31,33,34). The van der Waals surface area contributed by atoms with Gasteiger partial charge in [0.2, 0.25) is 11.9 Å². The first kappa shape index (κ1) is 25.9. The summed E-state index contributed by atoms with van der Waals surface area (Å²) in [5.41, 5.74) is 2.50. The normalized spacial score (nSPS) is 13.5. The molecule has 4 rings (SSSR count). The van der Waals surface area contributed by atoms with E-state index in [1.165, 1.54) is 24.4 Å². The molecule has 0 atom stereocenters. The molecular formula is C26H26ClFN8O. The molecule has 1 aliphatic heterocycles. The van der Waals surface area contributed by atoms with Gasteiger partial charge in [0.15, 0.2) is 0 Å². The summed E-state index contributed by atoms with van der Waals surface area (Å²) in [4.78, 5) is 25.3. The number of aromatic nitrogens is 2. The number of nitrogens with zero attached hydrogens (tertiary/aromatic N) is 5. The number of nitriles is 1. The summed E-state index contributed by atoms with van der Waals surface area (Å²) in [6, 6.07) is 12.1. The van der Waals surface area contributed by atoms with Crippen LogP contribution >= 0.6 is 11.6 Å². The van der Waals surface area contributed by atoms with Gasteiger partial charge in [0, 0.05) is 49.0 Å². The van der Waals surface area contributed by atoms with Crippen molar-refractivity contribution in [1.82, 2.24) is 14.9 Å². The lowest BCUT2D eigenvalue weighted by atomic mass is 10.2. The Morgan fingerprint density at radius 2 is 2.03 bits per heavy atom. The number of amides is 1. The summed E-state index contributed by atoms with van der Waals surface area (Å²) in [6.45, 7) is 7.19. The molecule has 0 bridgehead atoms. The fourth-order valence-corrected chi connectivity index (χ4v) is 4.07. The van der Waals surface area contributed by atoms with E-state index in [0.717, 1.165) is 31.9 Å². The number of piperazine rings is 1. The first-order valence-electron chi connectivity index (χ1n) is 11.6. The SMILES string of the molecule is C=CC(=O)Nc1cc(N2CCN(C)CC2)ccc1Nc1ncc(C#N)c(NCc2c(F)cccc2Cl)n1. The second-order valence-electron chi connectivity index (χ2n) is 8.46. The van der Waals surface area contributed by atoms with Crippen LogP contribution < -0.4 is 20.9 Å². The predicted octanol–water partition coefficient (Wildman–Crippen LogP) is 4.37. The molecule has 1 saturated heterocycles. The topological polar surface area (TPSA) is 109 Å². The summed E-state index contributed by atoms with van der Waals surface area (Å²) in [7, 11) is 2.09. The monoisotopic (exact) mass is 520 g/mol. The maximum atomic E-state index is 14.2. The molecule has 1 aliphatic rings. The van der Waals surface area contributed by atoms with Crippen molar-refractivity contribution >= 4 is 46.3 Å². The van der Waals surface area contributed by atoms with Crippen LogP contribution in [0, 0.1) is 17.1 Å². The van der Waals surface area contributed by atoms with Gasteiger partial charge in [0.25, 0.3) is 0 Å². The zero-order chi connectivity index (χ0) is 26.4. The zero-order valence-electron chi connectivity index (χ0n) is 20.3. The molecule has 0 unspecified atom stereocenters. The third kappa shape index (κ3) is 6.33. The minimum Gasteiger partial charge on any atom is -0.369 e.